The lowest BCUT2D eigenvalue weighted by Gasteiger charge is -2.22. The van der Waals surface area contributed by atoms with Crippen molar-refractivity contribution in [2.75, 3.05) is 0 Å². The lowest BCUT2D eigenvalue weighted by atomic mass is 9.83. The molecule has 0 atom stereocenters. The normalized spacial score (nSPS) is 40.7. The third kappa shape index (κ3) is 2.00. The molecule has 12 heavy (non-hydrogen) atoms. The zero-order valence-electron chi connectivity index (χ0n) is 7.71. The first kappa shape index (κ1) is 8.10. The smallest absolute Gasteiger partial charge is 0.0319 e. The Morgan fingerprint density at radius 3 is 1.25 bits per heavy atom. The summed E-state index contributed by atoms with van der Waals surface area (Å²) >= 11 is 0. The molecule has 0 nitrogen and oxygen atoms in total. The maximum atomic E-state index is 2.40. The van der Waals surface area contributed by atoms with E-state index in [0.717, 1.165) is 11.8 Å². The van der Waals surface area contributed by atoms with Gasteiger partial charge in [-0.1, -0.05) is 24.3 Å². The van der Waals surface area contributed by atoms with Crippen molar-refractivity contribution < 1.29 is 0 Å². The largest absolute Gasteiger partial charge is 0.0882 e. The first-order chi connectivity index (χ1) is 5.95. The van der Waals surface area contributed by atoms with E-state index in [1.54, 1.807) is 0 Å². The van der Waals surface area contributed by atoms with E-state index in [9.17, 15) is 0 Å². The fraction of sp³-hybridized carbons (Fsp3) is 0.667. The topological polar surface area (TPSA) is 0 Å². The van der Waals surface area contributed by atoms with Gasteiger partial charge >= 0.3 is 0 Å². The fourth-order valence-corrected chi connectivity index (χ4v) is 2.29. The maximum Gasteiger partial charge on any atom is -0.0319 e. The molecule has 0 radical (unpaired) electrons. The van der Waals surface area contributed by atoms with E-state index in [1.807, 2.05) is 0 Å². The highest BCUT2D eigenvalue weighted by molar-refractivity contribution is 4.96. The van der Waals surface area contributed by atoms with Gasteiger partial charge in [-0.15, -0.1) is 0 Å². The predicted molar refractivity (Wildman–Crippen MR) is 53.0 cm³/mol. The summed E-state index contributed by atoms with van der Waals surface area (Å²) in [6, 6.07) is 0. The van der Waals surface area contributed by atoms with Gasteiger partial charge < -0.3 is 0 Å². The van der Waals surface area contributed by atoms with E-state index in [-0.39, 0.29) is 0 Å². The Bertz CT molecular complexity index is 150. The molecule has 0 saturated carbocycles. The van der Waals surface area contributed by atoms with Crippen LogP contribution in [0.1, 0.15) is 38.5 Å². The first-order valence-corrected chi connectivity index (χ1v) is 5.25. The summed E-state index contributed by atoms with van der Waals surface area (Å²) < 4.78 is 0. The Labute approximate surface area is 75.4 Å². The molecule has 0 aromatic carbocycles. The SMILES string of the molecule is C1=C\CC2C/C=C\CC(C/1)CC2. The lowest BCUT2D eigenvalue weighted by Crippen LogP contribution is -2.08. The molecular weight excluding hydrogens is 144 g/mol. The molecule has 0 amide bonds. The van der Waals surface area contributed by atoms with Gasteiger partial charge in [0.15, 0.2) is 0 Å². The molecule has 66 valence electrons. The highest BCUT2D eigenvalue weighted by atomic mass is 14.2. The molecule has 0 N–H and O–H groups in total. The molecule has 0 unspecified atom stereocenters. The van der Waals surface area contributed by atoms with Crippen molar-refractivity contribution in [1.82, 2.24) is 0 Å². The summed E-state index contributed by atoms with van der Waals surface area (Å²) in [5.41, 5.74) is 0. The average Bonchev–Trinajstić information content (AvgIpc) is 2.03. The lowest BCUT2D eigenvalue weighted by molar-refractivity contribution is 0.379. The van der Waals surface area contributed by atoms with Crippen molar-refractivity contribution >= 4 is 0 Å². The second kappa shape index (κ2) is 3.93. The van der Waals surface area contributed by atoms with Crippen LogP contribution in [-0.4, -0.2) is 0 Å². The Morgan fingerprint density at radius 1 is 0.583 bits per heavy atom. The molecule has 2 aliphatic rings. The Hall–Kier alpha value is -0.520. The van der Waals surface area contributed by atoms with Crippen LogP contribution < -0.4 is 0 Å². The quantitative estimate of drug-likeness (QED) is 0.476. The van der Waals surface area contributed by atoms with Crippen LogP contribution in [0.3, 0.4) is 0 Å². The van der Waals surface area contributed by atoms with Crippen LogP contribution in [0.2, 0.25) is 0 Å². The van der Waals surface area contributed by atoms with Crippen molar-refractivity contribution in [2.45, 2.75) is 38.5 Å². The minimum absolute atomic E-state index is 0.945. The van der Waals surface area contributed by atoms with Crippen LogP contribution in [0, 0.1) is 11.8 Å². The fourth-order valence-electron chi connectivity index (χ4n) is 2.29. The molecular formula is C12H18. The van der Waals surface area contributed by atoms with Crippen molar-refractivity contribution in [1.29, 1.82) is 0 Å². The van der Waals surface area contributed by atoms with Crippen LogP contribution in [0.4, 0.5) is 0 Å². The molecule has 0 fully saturated rings. The minimum atomic E-state index is 0.945. The highest BCUT2D eigenvalue weighted by Gasteiger charge is 2.14. The van der Waals surface area contributed by atoms with Gasteiger partial charge in [0.1, 0.15) is 0 Å². The molecule has 2 bridgehead atoms. The number of fused-ring (bicyclic) bond motifs is 3. The number of hydrogen-bond acceptors (Lipinski definition) is 0. The molecule has 0 saturated heterocycles. The summed E-state index contributed by atoms with van der Waals surface area (Å²) in [7, 11) is 0. The Morgan fingerprint density at radius 2 is 0.917 bits per heavy atom. The van der Waals surface area contributed by atoms with E-state index >= 15 is 0 Å². The first-order valence-electron chi connectivity index (χ1n) is 5.25. The molecule has 0 spiro atoms. The van der Waals surface area contributed by atoms with Gasteiger partial charge in [-0.2, -0.15) is 0 Å². The zero-order chi connectivity index (χ0) is 8.23. The summed E-state index contributed by atoms with van der Waals surface area (Å²) in [5, 5.41) is 0. The van der Waals surface area contributed by atoms with Crippen LogP contribution in [0.25, 0.3) is 0 Å². The van der Waals surface area contributed by atoms with Crippen LogP contribution in [0.15, 0.2) is 24.3 Å². The predicted octanol–water partition coefficient (Wildman–Crippen LogP) is 3.70. The van der Waals surface area contributed by atoms with E-state index < -0.39 is 0 Å². The summed E-state index contributed by atoms with van der Waals surface area (Å²) in [4.78, 5) is 0. The van der Waals surface area contributed by atoms with Gasteiger partial charge in [-0.25, -0.2) is 0 Å². The van der Waals surface area contributed by atoms with Gasteiger partial charge in [0, 0.05) is 0 Å². The summed E-state index contributed by atoms with van der Waals surface area (Å²) in [6.45, 7) is 0. The zero-order valence-corrected chi connectivity index (χ0v) is 7.71. The van der Waals surface area contributed by atoms with Crippen LogP contribution in [0.5, 0.6) is 0 Å². The molecule has 0 aromatic heterocycles. The van der Waals surface area contributed by atoms with Crippen LogP contribution in [-0.2, 0) is 0 Å². The molecule has 2 rings (SSSR count). The number of allylic oxidation sites excluding steroid dienone is 4. The van der Waals surface area contributed by atoms with Gasteiger partial charge in [0.2, 0.25) is 0 Å². The van der Waals surface area contributed by atoms with Gasteiger partial charge in [-0.05, 0) is 50.4 Å². The van der Waals surface area contributed by atoms with Crippen molar-refractivity contribution in [2.24, 2.45) is 11.8 Å². The third-order valence-corrected chi connectivity index (χ3v) is 3.19. The standard InChI is InChI=1S/C12H18/c1-2-6-12-8-4-3-7-11(5-1)9-10-12/h1-4,11-12H,5-10H2/b2-1-,4-3-. The second-order valence-corrected chi connectivity index (χ2v) is 4.20. The van der Waals surface area contributed by atoms with E-state index in [0.29, 0.717) is 0 Å². The molecule has 0 heteroatoms. The van der Waals surface area contributed by atoms with Gasteiger partial charge in [0.05, 0.1) is 0 Å². The van der Waals surface area contributed by atoms with Crippen molar-refractivity contribution in [3.8, 4) is 0 Å². The van der Waals surface area contributed by atoms with Crippen molar-refractivity contribution in [3.63, 3.8) is 0 Å². The van der Waals surface area contributed by atoms with E-state index in [2.05, 4.69) is 24.3 Å². The third-order valence-electron chi connectivity index (χ3n) is 3.19. The molecule has 2 aliphatic carbocycles. The summed E-state index contributed by atoms with van der Waals surface area (Å²) in [5.74, 6) is 1.89. The van der Waals surface area contributed by atoms with Gasteiger partial charge in [-0.3, -0.25) is 0 Å². The molecule has 0 aromatic rings. The minimum Gasteiger partial charge on any atom is -0.0882 e. The van der Waals surface area contributed by atoms with E-state index in [4.69, 9.17) is 0 Å². The summed E-state index contributed by atoms with van der Waals surface area (Å²) in [6.07, 6.45) is 17.8. The highest BCUT2D eigenvalue weighted by Crippen LogP contribution is 2.29. The Balaban J connectivity index is 2.09. The van der Waals surface area contributed by atoms with Crippen LogP contribution >= 0.6 is 0 Å². The molecule has 0 heterocycles. The van der Waals surface area contributed by atoms with Crippen molar-refractivity contribution in [3.05, 3.63) is 24.3 Å². The van der Waals surface area contributed by atoms with Gasteiger partial charge in [0.25, 0.3) is 0 Å². The Kier molecular flexibility index (Phi) is 2.65. The molecule has 0 aliphatic heterocycles. The number of rotatable bonds is 0. The number of hydrogen-bond donors (Lipinski definition) is 0. The maximum absolute atomic E-state index is 2.40. The van der Waals surface area contributed by atoms with E-state index in [1.165, 1.54) is 38.5 Å². The average molecular weight is 162 g/mol. The second-order valence-electron chi connectivity index (χ2n) is 4.20. The monoisotopic (exact) mass is 162 g/mol.